The number of nitrogens with one attached hydrogen (secondary N) is 1. The molecule has 0 spiro atoms. The van der Waals surface area contributed by atoms with Gasteiger partial charge in [-0.2, -0.15) is 0 Å². The maximum absolute atomic E-state index is 13.5. The first-order valence-corrected chi connectivity index (χ1v) is 7.56. The van der Waals surface area contributed by atoms with Gasteiger partial charge in [-0.05, 0) is 53.1 Å². The molecule has 0 bridgehead atoms. The molecule has 2 nitrogen and oxygen atoms in total. The van der Waals surface area contributed by atoms with Gasteiger partial charge in [0.25, 0.3) is 0 Å². The predicted octanol–water partition coefficient (Wildman–Crippen LogP) is 4.48. The number of nitrogens with two attached hydrogens (primary N) is 1. The van der Waals surface area contributed by atoms with E-state index in [1.165, 1.54) is 6.07 Å². The van der Waals surface area contributed by atoms with Crippen molar-refractivity contribution in [1.29, 1.82) is 0 Å². The van der Waals surface area contributed by atoms with E-state index in [0.717, 1.165) is 10.6 Å². The minimum atomic E-state index is -0.270. The maximum Gasteiger partial charge on any atom is 0.138 e. The number of hydrogen-bond acceptors (Lipinski definition) is 3. The van der Waals surface area contributed by atoms with Crippen LogP contribution >= 0.6 is 34.4 Å². The first-order valence-electron chi connectivity index (χ1n) is 5.26. The van der Waals surface area contributed by atoms with Crippen molar-refractivity contribution in [2.75, 3.05) is 17.3 Å². The zero-order chi connectivity index (χ0) is 13.1. The van der Waals surface area contributed by atoms with Gasteiger partial charge in [-0.15, -0.1) is 11.8 Å². The average Bonchev–Trinajstić information content (AvgIpc) is 2.36. The molecule has 0 aliphatic carbocycles. The van der Waals surface area contributed by atoms with Crippen molar-refractivity contribution in [2.24, 2.45) is 0 Å². The molecule has 0 aliphatic heterocycles. The van der Waals surface area contributed by atoms with Gasteiger partial charge in [0.15, 0.2) is 0 Å². The molecule has 0 unspecified atom stereocenters. The van der Waals surface area contributed by atoms with E-state index in [1.54, 1.807) is 17.8 Å². The molecule has 2 aromatic carbocycles. The van der Waals surface area contributed by atoms with Gasteiger partial charge in [0.05, 0.1) is 14.9 Å². The highest BCUT2D eigenvalue weighted by Crippen LogP contribution is 2.28. The fourth-order valence-corrected chi connectivity index (χ4v) is 2.48. The van der Waals surface area contributed by atoms with Crippen LogP contribution in [0.4, 0.5) is 21.5 Å². The van der Waals surface area contributed by atoms with Crippen LogP contribution in [0.1, 0.15) is 0 Å². The van der Waals surface area contributed by atoms with Crippen LogP contribution < -0.4 is 11.1 Å². The monoisotopic (exact) mass is 374 g/mol. The van der Waals surface area contributed by atoms with Crippen LogP contribution in [0.2, 0.25) is 0 Å². The first-order chi connectivity index (χ1) is 8.60. The zero-order valence-corrected chi connectivity index (χ0v) is 12.7. The van der Waals surface area contributed by atoms with Gasteiger partial charge >= 0.3 is 0 Å². The Morgan fingerprint density at radius 1 is 1.28 bits per heavy atom. The molecule has 0 aromatic heterocycles. The Balaban J connectivity index is 2.30. The number of benzene rings is 2. The smallest absolute Gasteiger partial charge is 0.138 e. The van der Waals surface area contributed by atoms with E-state index in [-0.39, 0.29) is 5.82 Å². The van der Waals surface area contributed by atoms with Crippen LogP contribution in [-0.4, -0.2) is 6.26 Å². The van der Waals surface area contributed by atoms with Crippen molar-refractivity contribution in [3.63, 3.8) is 0 Å². The molecular formula is C13H12FIN2S. The Labute approximate surface area is 123 Å². The molecule has 2 rings (SSSR count). The number of hydrogen-bond donors (Lipinski definition) is 2. The molecule has 0 saturated heterocycles. The molecule has 0 heterocycles. The Hall–Kier alpha value is -0.950. The van der Waals surface area contributed by atoms with Crippen molar-refractivity contribution in [3.8, 4) is 0 Å². The van der Waals surface area contributed by atoms with E-state index in [2.05, 4.69) is 5.32 Å². The third kappa shape index (κ3) is 3.08. The molecule has 94 valence electrons. The second-order valence-corrected chi connectivity index (χ2v) is 5.75. The molecule has 0 saturated carbocycles. The van der Waals surface area contributed by atoms with Crippen LogP contribution in [0.5, 0.6) is 0 Å². The summed E-state index contributed by atoms with van der Waals surface area (Å²) < 4.78 is 14.0. The molecule has 0 radical (unpaired) electrons. The van der Waals surface area contributed by atoms with E-state index in [0.29, 0.717) is 14.9 Å². The molecular weight excluding hydrogens is 362 g/mol. The van der Waals surface area contributed by atoms with E-state index in [4.69, 9.17) is 5.73 Å². The standard InChI is InChI=1S/C13H12FIN2S/c1-18-9-4-2-3-8(5-9)17-13-6-10(14)11(15)7-12(13)16/h2-7,17H,16H2,1H3. The lowest BCUT2D eigenvalue weighted by Crippen LogP contribution is -1.98. The van der Waals surface area contributed by atoms with Crippen molar-refractivity contribution >= 4 is 51.4 Å². The molecule has 18 heavy (non-hydrogen) atoms. The summed E-state index contributed by atoms with van der Waals surface area (Å²) in [4.78, 5) is 1.14. The largest absolute Gasteiger partial charge is 0.397 e. The van der Waals surface area contributed by atoms with Crippen molar-refractivity contribution < 1.29 is 4.39 Å². The highest BCUT2D eigenvalue weighted by atomic mass is 127. The van der Waals surface area contributed by atoms with E-state index >= 15 is 0 Å². The van der Waals surface area contributed by atoms with Crippen molar-refractivity contribution in [3.05, 3.63) is 45.8 Å². The SMILES string of the molecule is CSc1cccc(Nc2cc(F)c(I)cc2N)c1. The number of anilines is 3. The summed E-state index contributed by atoms with van der Waals surface area (Å²) in [6.45, 7) is 0. The minimum absolute atomic E-state index is 0.270. The third-order valence-corrected chi connectivity index (χ3v) is 3.99. The summed E-state index contributed by atoms with van der Waals surface area (Å²) in [6.07, 6.45) is 2.01. The van der Waals surface area contributed by atoms with E-state index in [9.17, 15) is 4.39 Å². The predicted molar refractivity (Wildman–Crippen MR) is 85.0 cm³/mol. The van der Waals surface area contributed by atoms with Crippen LogP contribution in [0.15, 0.2) is 41.3 Å². The number of rotatable bonds is 3. The Morgan fingerprint density at radius 2 is 2.06 bits per heavy atom. The lowest BCUT2D eigenvalue weighted by atomic mass is 10.2. The molecule has 5 heteroatoms. The Bertz CT molecular complexity index is 575. The lowest BCUT2D eigenvalue weighted by molar-refractivity contribution is 0.621. The summed E-state index contributed by atoms with van der Waals surface area (Å²) in [5.74, 6) is -0.270. The second kappa shape index (κ2) is 5.79. The van der Waals surface area contributed by atoms with Crippen LogP contribution in [0.25, 0.3) is 0 Å². The van der Waals surface area contributed by atoms with Gasteiger partial charge in [-0.3, -0.25) is 0 Å². The van der Waals surface area contributed by atoms with Crippen molar-refractivity contribution in [2.45, 2.75) is 4.90 Å². The summed E-state index contributed by atoms with van der Waals surface area (Å²) in [5, 5.41) is 3.13. The summed E-state index contributed by atoms with van der Waals surface area (Å²) in [6, 6.07) is 10.9. The Morgan fingerprint density at radius 3 is 2.78 bits per heavy atom. The van der Waals surface area contributed by atoms with Crippen molar-refractivity contribution in [1.82, 2.24) is 0 Å². The van der Waals surface area contributed by atoms with Gasteiger partial charge in [-0.25, -0.2) is 4.39 Å². The summed E-state index contributed by atoms with van der Waals surface area (Å²) in [5.41, 5.74) is 7.89. The molecule has 0 fully saturated rings. The molecule has 3 N–H and O–H groups in total. The fourth-order valence-electron chi connectivity index (χ4n) is 1.53. The fraction of sp³-hybridized carbons (Fsp3) is 0.0769. The molecule has 0 amide bonds. The highest BCUT2D eigenvalue weighted by molar-refractivity contribution is 14.1. The molecule has 2 aromatic rings. The number of thioether (sulfide) groups is 1. The van der Waals surface area contributed by atoms with Gasteiger partial charge < -0.3 is 11.1 Å². The normalized spacial score (nSPS) is 10.4. The van der Waals surface area contributed by atoms with Gasteiger partial charge in [-0.1, -0.05) is 6.07 Å². The Kier molecular flexibility index (Phi) is 4.34. The minimum Gasteiger partial charge on any atom is -0.397 e. The average molecular weight is 374 g/mol. The maximum atomic E-state index is 13.5. The van der Waals surface area contributed by atoms with E-state index < -0.39 is 0 Å². The van der Waals surface area contributed by atoms with Crippen LogP contribution in [-0.2, 0) is 0 Å². The van der Waals surface area contributed by atoms with Crippen LogP contribution in [0, 0.1) is 9.39 Å². The zero-order valence-electron chi connectivity index (χ0n) is 9.71. The summed E-state index contributed by atoms with van der Waals surface area (Å²) >= 11 is 3.58. The summed E-state index contributed by atoms with van der Waals surface area (Å²) in [7, 11) is 0. The lowest BCUT2D eigenvalue weighted by Gasteiger charge is -2.11. The number of halogens is 2. The van der Waals surface area contributed by atoms with E-state index in [1.807, 2.05) is 53.1 Å². The van der Waals surface area contributed by atoms with Gasteiger partial charge in [0.2, 0.25) is 0 Å². The molecule has 0 aliphatic rings. The third-order valence-electron chi connectivity index (χ3n) is 2.44. The molecule has 0 atom stereocenters. The van der Waals surface area contributed by atoms with Gasteiger partial charge in [0.1, 0.15) is 5.82 Å². The second-order valence-electron chi connectivity index (χ2n) is 3.71. The number of nitrogen functional groups attached to an aromatic ring is 1. The quantitative estimate of drug-likeness (QED) is 0.473. The topological polar surface area (TPSA) is 38.0 Å². The first kappa shape index (κ1) is 13.5. The van der Waals surface area contributed by atoms with Crippen LogP contribution in [0.3, 0.4) is 0 Å². The van der Waals surface area contributed by atoms with Gasteiger partial charge in [0, 0.05) is 16.6 Å². The highest BCUT2D eigenvalue weighted by Gasteiger charge is 2.06.